The smallest absolute Gasteiger partial charge is 0.343 e. The molecule has 2 fully saturated rings. The zero-order valence-electron chi connectivity index (χ0n) is 15.8. The molecule has 2 atom stereocenters. The first-order chi connectivity index (χ1) is 13.1. The van der Waals surface area contributed by atoms with E-state index in [1.54, 1.807) is 0 Å². The summed E-state index contributed by atoms with van der Waals surface area (Å²) < 4.78 is 6.34. The van der Waals surface area contributed by atoms with Gasteiger partial charge in [-0.25, -0.2) is 4.79 Å². The van der Waals surface area contributed by atoms with E-state index in [0.717, 1.165) is 30.2 Å². The minimum atomic E-state index is -0.401. The van der Waals surface area contributed by atoms with Crippen molar-refractivity contribution in [2.75, 3.05) is 0 Å². The second kappa shape index (κ2) is 7.83. The average molecular weight is 431 g/mol. The molecule has 2 aliphatic rings. The molecule has 1 heterocycles. The van der Waals surface area contributed by atoms with Crippen molar-refractivity contribution < 1.29 is 9.52 Å². The first kappa shape index (κ1) is 18.8. The third kappa shape index (κ3) is 4.16. The molecule has 2 aromatic rings. The highest BCUT2D eigenvalue weighted by Gasteiger charge is 2.37. The van der Waals surface area contributed by atoms with Crippen LogP contribution in [0.3, 0.4) is 0 Å². The molecule has 27 heavy (non-hydrogen) atoms. The van der Waals surface area contributed by atoms with E-state index in [1.807, 2.05) is 37.3 Å². The third-order valence-electron chi connectivity index (χ3n) is 6.17. The molecule has 2 saturated carbocycles. The number of halogens is 1. The van der Waals surface area contributed by atoms with Gasteiger partial charge in [-0.3, -0.25) is 0 Å². The zero-order chi connectivity index (χ0) is 19.0. The van der Waals surface area contributed by atoms with Crippen molar-refractivity contribution in [3.05, 3.63) is 62.1 Å². The van der Waals surface area contributed by atoms with Crippen molar-refractivity contribution in [2.45, 2.75) is 57.8 Å². The molecule has 0 bridgehead atoms. The SMILES string of the molecule is CCC(c1ccccc1)c1c(O)c(Br)c(CC(CC2CC2)C2CC2)oc1=O. The summed E-state index contributed by atoms with van der Waals surface area (Å²) in [5.41, 5.74) is 0.985. The molecule has 2 aliphatic carbocycles. The average Bonchev–Trinajstić information content (AvgIpc) is 3.56. The topological polar surface area (TPSA) is 50.4 Å². The lowest BCUT2D eigenvalue weighted by molar-refractivity contribution is 0.340. The van der Waals surface area contributed by atoms with Crippen LogP contribution in [0.5, 0.6) is 5.75 Å². The number of hydrogen-bond acceptors (Lipinski definition) is 3. The fourth-order valence-corrected chi connectivity index (χ4v) is 4.78. The Morgan fingerprint density at radius 1 is 1.19 bits per heavy atom. The van der Waals surface area contributed by atoms with Crippen molar-refractivity contribution in [2.24, 2.45) is 17.8 Å². The largest absolute Gasteiger partial charge is 0.506 e. The van der Waals surface area contributed by atoms with Gasteiger partial charge in [-0.05, 0) is 64.9 Å². The van der Waals surface area contributed by atoms with Crippen LogP contribution in [0.4, 0.5) is 0 Å². The Labute approximate surface area is 168 Å². The van der Waals surface area contributed by atoms with Gasteiger partial charge in [-0.1, -0.05) is 50.1 Å². The lowest BCUT2D eigenvalue weighted by atomic mass is 9.88. The molecule has 4 heteroatoms. The molecular formula is C23H27BrO3. The van der Waals surface area contributed by atoms with Crippen molar-refractivity contribution in [1.29, 1.82) is 0 Å². The third-order valence-corrected chi connectivity index (χ3v) is 6.99. The van der Waals surface area contributed by atoms with Gasteiger partial charge >= 0.3 is 5.63 Å². The second-order valence-electron chi connectivity index (χ2n) is 8.24. The molecule has 0 aliphatic heterocycles. The number of aromatic hydroxyl groups is 1. The van der Waals surface area contributed by atoms with Gasteiger partial charge in [0.1, 0.15) is 11.5 Å². The van der Waals surface area contributed by atoms with E-state index in [1.165, 1.54) is 32.1 Å². The summed E-state index contributed by atoms with van der Waals surface area (Å²) in [6.45, 7) is 2.02. The lowest BCUT2D eigenvalue weighted by Crippen LogP contribution is -2.17. The number of hydrogen-bond donors (Lipinski definition) is 1. The molecule has 3 nitrogen and oxygen atoms in total. The van der Waals surface area contributed by atoms with Crippen LogP contribution in [-0.2, 0) is 6.42 Å². The van der Waals surface area contributed by atoms with Crippen LogP contribution in [0.1, 0.15) is 68.3 Å². The van der Waals surface area contributed by atoms with Crippen LogP contribution in [0.2, 0.25) is 0 Å². The van der Waals surface area contributed by atoms with Crippen LogP contribution in [-0.4, -0.2) is 5.11 Å². The van der Waals surface area contributed by atoms with E-state index < -0.39 is 5.63 Å². The predicted molar refractivity (Wildman–Crippen MR) is 110 cm³/mol. The quantitative estimate of drug-likeness (QED) is 0.556. The van der Waals surface area contributed by atoms with Crippen LogP contribution >= 0.6 is 15.9 Å². The van der Waals surface area contributed by atoms with E-state index in [9.17, 15) is 9.90 Å². The Hall–Kier alpha value is -1.55. The molecular weight excluding hydrogens is 404 g/mol. The van der Waals surface area contributed by atoms with E-state index in [2.05, 4.69) is 15.9 Å². The summed E-state index contributed by atoms with van der Waals surface area (Å²) in [5, 5.41) is 10.9. The molecule has 0 amide bonds. The fraction of sp³-hybridized carbons (Fsp3) is 0.522. The maximum absolute atomic E-state index is 12.8. The molecule has 1 aromatic carbocycles. The standard InChI is InChI=1S/C23H27BrO3/c1-2-18(16-6-4-3-5-7-16)20-22(25)21(24)19(27-23(20)26)13-17(15-10-11-15)12-14-8-9-14/h3-7,14-15,17-18,25H,2,8-13H2,1H3. The number of benzene rings is 1. The van der Waals surface area contributed by atoms with Crippen LogP contribution in [0.15, 0.2) is 44.0 Å². The predicted octanol–water partition coefficient (Wildman–Crippen LogP) is 6.02. The van der Waals surface area contributed by atoms with Crippen LogP contribution < -0.4 is 5.63 Å². The second-order valence-corrected chi connectivity index (χ2v) is 9.03. The maximum atomic E-state index is 12.8. The Kier molecular flexibility index (Phi) is 5.45. The fourth-order valence-electron chi connectivity index (χ4n) is 4.32. The van der Waals surface area contributed by atoms with Crippen molar-refractivity contribution in [3.63, 3.8) is 0 Å². The van der Waals surface area contributed by atoms with E-state index in [0.29, 0.717) is 21.7 Å². The first-order valence-electron chi connectivity index (χ1n) is 10.2. The summed E-state index contributed by atoms with van der Waals surface area (Å²) in [4.78, 5) is 12.8. The first-order valence-corrected chi connectivity index (χ1v) is 11.0. The van der Waals surface area contributed by atoms with Gasteiger partial charge in [0.05, 0.1) is 10.0 Å². The highest BCUT2D eigenvalue weighted by atomic mass is 79.9. The van der Waals surface area contributed by atoms with Gasteiger partial charge in [-0.2, -0.15) is 0 Å². The Morgan fingerprint density at radius 2 is 1.89 bits per heavy atom. The van der Waals surface area contributed by atoms with Gasteiger partial charge < -0.3 is 9.52 Å². The molecule has 1 aromatic heterocycles. The molecule has 0 radical (unpaired) electrons. The maximum Gasteiger partial charge on any atom is 0.343 e. The molecule has 144 valence electrons. The Balaban J connectivity index is 1.65. The summed E-state index contributed by atoms with van der Waals surface area (Å²) >= 11 is 3.53. The van der Waals surface area contributed by atoms with Crippen molar-refractivity contribution >= 4 is 15.9 Å². The van der Waals surface area contributed by atoms with Crippen molar-refractivity contribution in [1.82, 2.24) is 0 Å². The molecule has 1 N–H and O–H groups in total. The van der Waals surface area contributed by atoms with Gasteiger partial charge in [0, 0.05) is 12.3 Å². The molecule has 2 unspecified atom stereocenters. The van der Waals surface area contributed by atoms with E-state index >= 15 is 0 Å². The van der Waals surface area contributed by atoms with Gasteiger partial charge in [-0.15, -0.1) is 0 Å². The normalized spacial score (nSPS) is 19.0. The van der Waals surface area contributed by atoms with Crippen molar-refractivity contribution in [3.8, 4) is 5.75 Å². The van der Waals surface area contributed by atoms with Gasteiger partial charge in [0.25, 0.3) is 0 Å². The molecule has 0 saturated heterocycles. The van der Waals surface area contributed by atoms with Gasteiger partial charge in [0.2, 0.25) is 0 Å². The van der Waals surface area contributed by atoms with E-state index in [-0.39, 0.29) is 11.7 Å². The summed E-state index contributed by atoms with van der Waals surface area (Å²) in [7, 11) is 0. The monoisotopic (exact) mass is 430 g/mol. The van der Waals surface area contributed by atoms with E-state index in [4.69, 9.17) is 4.42 Å². The Bertz CT molecular complexity index is 850. The summed E-state index contributed by atoms with van der Waals surface area (Å²) in [6.07, 6.45) is 7.95. The Morgan fingerprint density at radius 3 is 2.48 bits per heavy atom. The molecule has 0 spiro atoms. The zero-order valence-corrected chi connectivity index (χ0v) is 17.4. The highest BCUT2D eigenvalue weighted by Crippen LogP contribution is 2.47. The number of rotatable bonds is 8. The minimum Gasteiger partial charge on any atom is -0.506 e. The molecule has 4 rings (SSSR count). The van der Waals surface area contributed by atoms with Crippen LogP contribution in [0, 0.1) is 17.8 Å². The van der Waals surface area contributed by atoms with Gasteiger partial charge in [0.15, 0.2) is 0 Å². The summed E-state index contributed by atoms with van der Waals surface area (Å²) in [6, 6.07) is 9.85. The highest BCUT2D eigenvalue weighted by molar-refractivity contribution is 9.10. The summed E-state index contributed by atoms with van der Waals surface area (Å²) in [5.74, 6) is 2.69. The lowest BCUT2D eigenvalue weighted by Gasteiger charge is -2.20. The minimum absolute atomic E-state index is 0.0536. The van der Waals surface area contributed by atoms with Crippen LogP contribution in [0.25, 0.3) is 0 Å².